The summed E-state index contributed by atoms with van der Waals surface area (Å²) in [4.78, 5) is 18.8. The van der Waals surface area contributed by atoms with Gasteiger partial charge in [-0.15, -0.1) is 0 Å². The molecule has 1 N–H and O–H groups in total. The van der Waals surface area contributed by atoms with Crippen LogP contribution in [-0.2, 0) is 9.53 Å². The van der Waals surface area contributed by atoms with Gasteiger partial charge in [-0.25, -0.2) is 0 Å². The molecule has 1 aliphatic heterocycles. The zero-order chi connectivity index (χ0) is 21.2. The van der Waals surface area contributed by atoms with E-state index >= 15 is 0 Å². The summed E-state index contributed by atoms with van der Waals surface area (Å²) in [6, 6.07) is 5.46. The van der Waals surface area contributed by atoms with Crippen molar-refractivity contribution in [1.82, 2.24) is 10.2 Å². The molecule has 29 heavy (non-hydrogen) atoms. The number of rotatable bonds is 9. The van der Waals surface area contributed by atoms with Crippen molar-refractivity contribution in [2.75, 3.05) is 54.1 Å². The van der Waals surface area contributed by atoms with Crippen LogP contribution in [0.1, 0.15) is 20.3 Å². The van der Waals surface area contributed by atoms with Gasteiger partial charge in [0.2, 0.25) is 0 Å². The molecule has 0 saturated carbocycles. The van der Waals surface area contributed by atoms with Crippen LogP contribution in [0.2, 0.25) is 0 Å². The first-order chi connectivity index (χ1) is 14.0. The molecule has 0 bridgehead atoms. The summed E-state index contributed by atoms with van der Waals surface area (Å²) in [5.74, 6) is 2.87. The number of carbonyl (C=O) groups is 1. The molecule has 1 fully saturated rings. The molecule has 2 rings (SSSR count). The topological polar surface area (TPSA) is 81.6 Å². The van der Waals surface area contributed by atoms with Gasteiger partial charge >= 0.3 is 5.97 Å². The number of hydrogen-bond donors (Lipinski definition) is 1. The van der Waals surface area contributed by atoms with Crippen LogP contribution in [0.3, 0.4) is 0 Å². The van der Waals surface area contributed by atoms with Crippen molar-refractivity contribution in [2.24, 2.45) is 16.8 Å². The Bertz CT molecular complexity index is 673. The van der Waals surface area contributed by atoms with Gasteiger partial charge in [0, 0.05) is 50.8 Å². The molecule has 0 aromatic heterocycles. The highest BCUT2D eigenvalue weighted by atomic mass is 16.5. The van der Waals surface area contributed by atoms with Crippen LogP contribution in [0.25, 0.3) is 0 Å². The molecule has 8 heteroatoms. The molecule has 8 nitrogen and oxygen atoms in total. The van der Waals surface area contributed by atoms with Gasteiger partial charge < -0.3 is 29.2 Å². The number of benzene rings is 1. The van der Waals surface area contributed by atoms with E-state index in [0.717, 1.165) is 25.5 Å². The van der Waals surface area contributed by atoms with Gasteiger partial charge in [-0.05, 0) is 12.8 Å². The van der Waals surface area contributed by atoms with E-state index in [-0.39, 0.29) is 17.8 Å². The minimum absolute atomic E-state index is 0.116. The lowest BCUT2D eigenvalue weighted by Crippen LogP contribution is -2.40. The average molecular weight is 408 g/mol. The maximum Gasteiger partial charge on any atom is 0.310 e. The number of likely N-dealkylation sites (tertiary alicyclic amines) is 1. The highest BCUT2D eigenvalue weighted by Crippen LogP contribution is 2.27. The van der Waals surface area contributed by atoms with Crippen molar-refractivity contribution in [3.8, 4) is 17.2 Å². The van der Waals surface area contributed by atoms with Crippen LogP contribution in [0.15, 0.2) is 23.2 Å². The number of nitrogens with zero attached hydrogens (tertiary/aromatic N) is 2. The molecular formula is C21H33N3O5. The minimum Gasteiger partial charge on any atom is -0.496 e. The second kappa shape index (κ2) is 11.4. The summed E-state index contributed by atoms with van der Waals surface area (Å²) in [7, 11) is 4.66. The summed E-state index contributed by atoms with van der Waals surface area (Å²) in [6.45, 7) is 7.43. The van der Waals surface area contributed by atoms with Gasteiger partial charge in [0.15, 0.2) is 5.96 Å². The molecule has 2 unspecified atom stereocenters. The fourth-order valence-corrected chi connectivity index (χ4v) is 3.33. The quantitative estimate of drug-likeness (QED) is 0.291. The molecule has 0 spiro atoms. The Kier molecular flexibility index (Phi) is 8.89. The lowest BCUT2D eigenvalue weighted by molar-refractivity contribution is -0.145. The average Bonchev–Trinajstić information content (AvgIpc) is 3.13. The first-order valence-electron chi connectivity index (χ1n) is 9.99. The first kappa shape index (κ1) is 22.6. The number of carbonyl (C=O) groups excluding carboxylic acids is 1. The zero-order valence-corrected chi connectivity index (χ0v) is 18.1. The van der Waals surface area contributed by atoms with E-state index in [2.05, 4.69) is 17.1 Å². The second-order valence-corrected chi connectivity index (χ2v) is 7.00. The summed E-state index contributed by atoms with van der Waals surface area (Å²) in [5, 5.41) is 3.31. The van der Waals surface area contributed by atoms with Gasteiger partial charge in [-0.2, -0.15) is 0 Å². The van der Waals surface area contributed by atoms with Crippen LogP contribution in [-0.4, -0.2) is 70.9 Å². The Hall–Kier alpha value is -2.64. The van der Waals surface area contributed by atoms with E-state index in [4.69, 9.17) is 23.9 Å². The Morgan fingerprint density at radius 1 is 1.14 bits per heavy atom. The molecular weight excluding hydrogens is 374 g/mol. The number of nitrogens with one attached hydrogen (secondary N) is 1. The molecule has 0 amide bonds. The molecule has 1 aliphatic rings. The van der Waals surface area contributed by atoms with E-state index in [1.807, 2.05) is 19.1 Å². The molecule has 1 saturated heterocycles. The normalized spacial score (nSPS) is 19.1. The number of guanidine groups is 1. The van der Waals surface area contributed by atoms with Gasteiger partial charge in [-0.3, -0.25) is 9.79 Å². The van der Waals surface area contributed by atoms with E-state index in [1.54, 1.807) is 20.3 Å². The van der Waals surface area contributed by atoms with Crippen molar-refractivity contribution in [1.29, 1.82) is 0 Å². The zero-order valence-electron chi connectivity index (χ0n) is 18.1. The van der Waals surface area contributed by atoms with Crippen molar-refractivity contribution >= 4 is 11.9 Å². The van der Waals surface area contributed by atoms with E-state index in [0.29, 0.717) is 36.9 Å². The molecule has 1 aromatic rings. The summed E-state index contributed by atoms with van der Waals surface area (Å²) in [5.41, 5.74) is 0. The third-order valence-corrected chi connectivity index (χ3v) is 4.91. The first-order valence-corrected chi connectivity index (χ1v) is 9.99. The predicted molar refractivity (Wildman–Crippen MR) is 112 cm³/mol. The number of hydrogen-bond acceptors (Lipinski definition) is 6. The van der Waals surface area contributed by atoms with Gasteiger partial charge in [0.1, 0.15) is 17.2 Å². The highest BCUT2D eigenvalue weighted by Gasteiger charge is 2.36. The Morgan fingerprint density at radius 2 is 1.79 bits per heavy atom. The lowest BCUT2D eigenvalue weighted by atomic mass is 9.99. The summed E-state index contributed by atoms with van der Waals surface area (Å²) < 4.78 is 21.2. The third-order valence-electron chi connectivity index (χ3n) is 4.91. The molecule has 0 radical (unpaired) electrons. The largest absolute Gasteiger partial charge is 0.496 e. The standard InChI is InChI=1S/C21H33N3O5/c1-6-22-21(24-13-15(2)19(14-24)20(25)28-5)23-8-7-9-29-18-11-16(26-3)10-17(12-18)27-4/h10-12,15,19H,6-9,13-14H2,1-5H3,(H,22,23). The van der Waals surface area contributed by atoms with Gasteiger partial charge in [0.05, 0.1) is 33.9 Å². The van der Waals surface area contributed by atoms with Crippen LogP contribution in [0.5, 0.6) is 17.2 Å². The third kappa shape index (κ3) is 6.44. The second-order valence-electron chi connectivity index (χ2n) is 7.00. The van der Waals surface area contributed by atoms with Crippen molar-refractivity contribution in [3.63, 3.8) is 0 Å². The number of ether oxygens (including phenoxy) is 4. The van der Waals surface area contributed by atoms with Crippen LogP contribution in [0.4, 0.5) is 0 Å². The molecule has 1 aromatic carbocycles. The predicted octanol–water partition coefficient (Wildman–Crippen LogP) is 2.18. The maximum absolute atomic E-state index is 11.9. The van der Waals surface area contributed by atoms with Crippen molar-refractivity contribution in [3.05, 3.63) is 18.2 Å². The smallest absolute Gasteiger partial charge is 0.310 e. The Labute approximate surface area is 173 Å². The molecule has 162 valence electrons. The number of esters is 1. The van der Waals surface area contributed by atoms with Gasteiger partial charge in [-0.1, -0.05) is 6.92 Å². The molecule has 1 heterocycles. The summed E-state index contributed by atoms with van der Waals surface area (Å²) >= 11 is 0. The van der Waals surface area contributed by atoms with E-state index in [1.165, 1.54) is 7.11 Å². The highest BCUT2D eigenvalue weighted by molar-refractivity contribution is 5.82. The summed E-state index contributed by atoms with van der Waals surface area (Å²) in [6.07, 6.45) is 0.762. The number of methoxy groups -OCH3 is 3. The van der Waals surface area contributed by atoms with E-state index in [9.17, 15) is 4.79 Å². The van der Waals surface area contributed by atoms with Crippen LogP contribution >= 0.6 is 0 Å². The minimum atomic E-state index is -0.155. The van der Waals surface area contributed by atoms with Crippen LogP contribution in [0, 0.1) is 11.8 Å². The SMILES string of the molecule is CCNC(=NCCCOc1cc(OC)cc(OC)c1)N1CC(C)C(C(=O)OC)C1. The van der Waals surface area contributed by atoms with Crippen molar-refractivity contribution < 1.29 is 23.7 Å². The Morgan fingerprint density at radius 3 is 2.38 bits per heavy atom. The van der Waals surface area contributed by atoms with E-state index < -0.39 is 0 Å². The maximum atomic E-state index is 11.9. The fraction of sp³-hybridized carbons (Fsp3) is 0.619. The van der Waals surface area contributed by atoms with Gasteiger partial charge in [0.25, 0.3) is 0 Å². The fourth-order valence-electron chi connectivity index (χ4n) is 3.33. The number of aliphatic imine (C=N–C) groups is 1. The molecule has 0 aliphatic carbocycles. The lowest BCUT2D eigenvalue weighted by Gasteiger charge is -2.21. The molecule has 2 atom stereocenters. The van der Waals surface area contributed by atoms with Crippen molar-refractivity contribution in [2.45, 2.75) is 20.3 Å². The Balaban J connectivity index is 1.88. The monoisotopic (exact) mass is 407 g/mol. The van der Waals surface area contributed by atoms with Crippen LogP contribution < -0.4 is 19.5 Å².